The number of nitrogens with zero attached hydrogens (tertiary/aromatic N) is 1. The molecule has 2 rings (SSSR count). The number of benzene rings is 1. The van der Waals surface area contributed by atoms with E-state index in [1.54, 1.807) is 7.05 Å². The molecule has 0 bridgehead atoms. The lowest BCUT2D eigenvalue weighted by Crippen LogP contribution is -2.40. The van der Waals surface area contributed by atoms with Gasteiger partial charge in [0.15, 0.2) is 5.96 Å². The summed E-state index contributed by atoms with van der Waals surface area (Å²) in [4.78, 5) is 4.13. The number of nitrogens with one attached hydrogen (secondary N) is 2. The largest absolute Gasteiger partial charge is 0.356 e. The zero-order chi connectivity index (χ0) is 14.5. The Balaban J connectivity index is 0.00000220. The minimum Gasteiger partial charge on any atom is -0.356 e. The van der Waals surface area contributed by atoms with Crippen LogP contribution in [0.4, 0.5) is 8.78 Å². The lowest BCUT2D eigenvalue weighted by atomic mass is 10.0. The van der Waals surface area contributed by atoms with Gasteiger partial charge in [0.1, 0.15) is 11.6 Å². The number of aliphatic imine (C=N–C) groups is 1. The molecule has 1 fully saturated rings. The van der Waals surface area contributed by atoms with Crippen molar-refractivity contribution in [3.05, 3.63) is 35.4 Å². The Morgan fingerprint density at radius 1 is 1.33 bits per heavy atom. The van der Waals surface area contributed by atoms with Crippen molar-refractivity contribution >= 4 is 29.9 Å². The van der Waals surface area contributed by atoms with Gasteiger partial charge >= 0.3 is 0 Å². The second-order valence-corrected chi connectivity index (χ2v) is 5.34. The van der Waals surface area contributed by atoms with Crippen LogP contribution in [0.2, 0.25) is 0 Å². The fourth-order valence-corrected chi connectivity index (χ4v) is 2.04. The second kappa shape index (κ2) is 8.51. The molecule has 0 spiro atoms. The highest BCUT2D eigenvalue weighted by Gasteiger charge is 2.21. The van der Waals surface area contributed by atoms with Crippen molar-refractivity contribution in [2.75, 3.05) is 20.1 Å². The predicted molar refractivity (Wildman–Crippen MR) is 92.3 cm³/mol. The molecular weight excluding hydrogens is 387 g/mol. The van der Waals surface area contributed by atoms with Crippen LogP contribution < -0.4 is 10.6 Å². The molecule has 0 saturated heterocycles. The zero-order valence-electron chi connectivity index (χ0n) is 12.3. The molecule has 21 heavy (non-hydrogen) atoms. The molecule has 1 saturated carbocycles. The number of halogens is 3. The third kappa shape index (κ3) is 5.76. The van der Waals surface area contributed by atoms with Crippen LogP contribution in [0.5, 0.6) is 0 Å². The molecule has 118 valence electrons. The SMILES string of the molecule is CN=C(NCC1CC1)NCC(C)c1ccc(F)cc1F.I. The van der Waals surface area contributed by atoms with E-state index in [4.69, 9.17) is 0 Å². The van der Waals surface area contributed by atoms with Crippen LogP contribution in [0.15, 0.2) is 23.2 Å². The van der Waals surface area contributed by atoms with Gasteiger partial charge in [0, 0.05) is 32.1 Å². The van der Waals surface area contributed by atoms with Gasteiger partial charge in [0.05, 0.1) is 0 Å². The molecular formula is C15H22F2IN3. The number of guanidine groups is 1. The summed E-state index contributed by atoms with van der Waals surface area (Å²) in [5.41, 5.74) is 0.511. The highest BCUT2D eigenvalue weighted by Crippen LogP contribution is 2.27. The maximum atomic E-state index is 13.7. The first kappa shape index (κ1) is 18.1. The van der Waals surface area contributed by atoms with Crippen molar-refractivity contribution in [1.29, 1.82) is 0 Å². The van der Waals surface area contributed by atoms with Crippen molar-refractivity contribution < 1.29 is 8.78 Å². The molecule has 1 atom stereocenters. The van der Waals surface area contributed by atoms with Crippen LogP contribution in [0.3, 0.4) is 0 Å². The summed E-state index contributed by atoms with van der Waals surface area (Å²) in [5, 5.41) is 6.42. The van der Waals surface area contributed by atoms with Crippen LogP contribution in [-0.4, -0.2) is 26.1 Å². The minimum absolute atomic E-state index is 0. The quantitative estimate of drug-likeness (QED) is 0.445. The van der Waals surface area contributed by atoms with Gasteiger partial charge < -0.3 is 10.6 Å². The summed E-state index contributed by atoms with van der Waals surface area (Å²) in [6.07, 6.45) is 2.56. The average molecular weight is 409 g/mol. The third-order valence-electron chi connectivity index (χ3n) is 3.55. The molecule has 1 aliphatic rings. The van der Waals surface area contributed by atoms with E-state index >= 15 is 0 Å². The first-order valence-corrected chi connectivity index (χ1v) is 6.99. The van der Waals surface area contributed by atoms with Crippen LogP contribution in [0.25, 0.3) is 0 Å². The van der Waals surface area contributed by atoms with Gasteiger partial charge in [-0.2, -0.15) is 0 Å². The van der Waals surface area contributed by atoms with Crippen molar-refractivity contribution in [3.8, 4) is 0 Å². The second-order valence-electron chi connectivity index (χ2n) is 5.34. The van der Waals surface area contributed by atoms with E-state index < -0.39 is 11.6 Å². The zero-order valence-corrected chi connectivity index (χ0v) is 14.7. The molecule has 1 aliphatic carbocycles. The van der Waals surface area contributed by atoms with E-state index in [1.165, 1.54) is 25.0 Å². The summed E-state index contributed by atoms with van der Waals surface area (Å²) in [7, 11) is 1.71. The van der Waals surface area contributed by atoms with Crippen molar-refractivity contribution in [1.82, 2.24) is 10.6 Å². The van der Waals surface area contributed by atoms with E-state index in [2.05, 4.69) is 15.6 Å². The monoisotopic (exact) mass is 409 g/mol. The number of rotatable bonds is 5. The summed E-state index contributed by atoms with van der Waals surface area (Å²) < 4.78 is 26.5. The first-order chi connectivity index (χ1) is 9.60. The Hall–Kier alpha value is -0.920. The van der Waals surface area contributed by atoms with Gasteiger partial charge in [0.2, 0.25) is 0 Å². The van der Waals surface area contributed by atoms with E-state index in [9.17, 15) is 8.78 Å². The van der Waals surface area contributed by atoms with E-state index in [0.29, 0.717) is 12.1 Å². The Morgan fingerprint density at radius 2 is 2.05 bits per heavy atom. The van der Waals surface area contributed by atoms with Gasteiger partial charge in [-0.05, 0) is 30.4 Å². The smallest absolute Gasteiger partial charge is 0.191 e. The first-order valence-electron chi connectivity index (χ1n) is 6.99. The summed E-state index contributed by atoms with van der Waals surface area (Å²) in [5.74, 6) is 0.385. The van der Waals surface area contributed by atoms with Crippen molar-refractivity contribution in [2.24, 2.45) is 10.9 Å². The van der Waals surface area contributed by atoms with Gasteiger partial charge in [-0.1, -0.05) is 13.0 Å². The average Bonchev–Trinajstić information content (AvgIpc) is 3.22. The normalized spacial score (nSPS) is 16.1. The van der Waals surface area contributed by atoms with Gasteiger partial charge in [0.25, 0.3) is 0 Å². The molecule has 0 amide bonds. The lowest BCUT2D eigenvalue weighted by Gasteiger charge is -2.16. The topological polar surface area (TPSA) is 36.4 Å². The van der Waals surface area contributed by atoms with Crippen molar-refractivity contribution in [2.45, 2.75) is 25.7 Å². The Bertz CT molecular complexity index is 490. The minimum atomic E-state index is -0.548. The molecule has 0 aliphatic heterocycles. The Morgan fingerprint density at radius 3 is 2.62 bits per heavy atom. The fraction of sp³-hybridized carbons (Fsp3) is 0.533. The van der Waals surface area contributed by atoms with Crippen LogP contribution in [0.1, 0.15) is 31.2 Å². The van der Waals surface area contributed by atoms with Gasteiger partial charge in [-0.3, -0.25) is 4.99 Å². The Kier molecular flexibility index (Phi) is 7.34. The molecule has 1 unspecified atom stereocenters. The third-order valence-corrected chi connectivity index (χ3v) is 3.55. The highest BCUT2D eigenvalue weighted by molar-refractivity contribution is 14.0. The lowest BCUT2D eigenvalue weighted by molar-refractivity contribution is 0.555. The van der Waals surface area contributed by atoms with Crippen LogP contribution in [0, 0.1) is 17.6 Å². The number of hydrogen-bond acceptors (Lipinski definition) is 1. The maximum Gasteiger partial charge on any atom is 0.191 e. The summed E-state index contributed by atoms with van der Waals surface area (Å²) in [6.45, 7) is 3.38. The fourth-order valence-electron chi connectivity index (χ4n) is 2.04. The molecule has 2 N–H and O–H groups in total. The molecule has 1 aromatic carbocycles. The summed E-state index contributed by atoms with van der Waals surface area (Å²) in [6, 6.07) is 3.71. The Labute approximate surface area is 141 Å². The van der Waals surface area contributed by atoms with Gasteiger partial charge in [-0.15, -0.1) is 24.0 Å². The van der Waals surface area contributed by atoms with E-state index in [1.807, 2.05) is 6.92 Å². The molecule has 0 heterocycles. The van der Waals surface area contributed by atoms with Crippen LogP contribution in [-0.2, 0) is 0 Å². The molecule has 3 nitrogen and oxygen atoms in total. The molecule has 0 radical (unpaired) electrons. The van der Waals surface area contributed by atoms with E-state index in [-0.39, 0.29) is 29.9 Å². The van der Waals surface area contributed by atoms with Gasteiger partial charge in [-0.25, -0.2) is 8.78 Å². The molecule has 0 aromatic heterocycles. The van der Waals surface area contributed by atoms with Crippen LogP contribution >= 0.6 is 24.0 Å². The standard InChI is InChI=1S/C15H21F2N3.HI/c1-10(13-6-5-12(16)7-14(13)17)8-19-15(18-2)20-9-11-3-4-11;/h5-7,10-11H,3-4,8-9H2,1-2H3,(H2,18,19,20);1H. The summed E-state index contributed by atoms with van der Waals surface area (Å²) >= 11 is 0. The number of hydrogen-bond donors (Lipinski definition) is 2. The predicted octanol–water partition coefficient (Wildman–Crippen LogP) is 3.26. The molecule has 1 aromatic rings. The highest BCUT2D eigenvalue weighted by atomic mass is 127. The maximum absolute atomic E-state index is 13.7. The van der Waals surface area contributed by atoms with E-state index in [0.717, 1.165) is 24.5 Å². The van der Waals surface area contributed by atoms with Crippen molar-refractivity contribution in [3.63, 3.8) is 0 Å². The molecule has 6 heteroatoms.